The van der Waals surface area contributed by atoms with E-state index in [4.69, 9.17) is 9.47 Å². The topological polar surface area (TPSA) is 62.3 Å². The Kier molecular flexibility index (Phi) is 8.11. The predicted molar refractivity (Wildman–Crippen MR) is 124 cm³/mol. The van der Waals surface area contributed by atoms with E-state index in [0.29, 0.717) is 18.0 Å². The van der Waals surface area contributed by atoms with Gasteiger partial charge in [-0.2, -0.15) is 0 Å². The van der Waals surface area contributed by atoms with E-state index < -0.39 is 0 Å². The highest BCUT2D eigenvalue weighted by Crippen LogP contribution is 2.45. The number of carbonyl (C=O) groups is 2. The number of rotatable bonds is 8. The number of hydrogen-bond acceptors (Lipinski definition) is 6. The Morgan fingerprint density at radius 1 is 1.10 bits per heavy atom. The zero-order valence-electron chi connectivity index (χ0n) is 19.3. The van der Waals surface area contributed by atoms with E-state index in [1.807, 2.05) is 41.8 Å². The van der Waals surface area contributed by atoms with E-state index in [0.717, 1.165) is 44.7 Å². The van der Waals surface area contributed by atoms with Gasteiger partial charge in [0.05, 0.1) is 19.5 Å². The van der Waals surface area contributed by atoms with Gasteiger partial charge in [0.1, 0.15) is 5.37 Å². The first-order chi connectivity index (χ1) is 14.9. The van der Waals surface area contributed by atoms with Gasteiger partial charge in [0.15, 0.2) is 11.5 Å². The van der Waals surface area contributed by atoms with E-state index in [1.165, 1.54) is 0 Å². The maximum absolute atomic E-state index is 13.1. The Labute approximate surface area is 190 Å². The number of benzene rings is 1. The predicted octanol–water partition coefficient (Wildman–Crippen LogP) is 2.86. The first kappa shape index (κ1) is 23.7. The van der Waals surface area contributed by atoms with Crippen molar-refractivity contribution in [2.24, 2.45) is 5.92 Å². The lowest BCUT2D eigenvalue weighted by atomic mass is 10.1. The van der Waals surface area contributed by atoms with E-state index in [1.54, 1.807) is 26.0 Å². The number of ether oxygens (including phenoxy) is 2. The van der Waals surface area contributed by atoms with Crippen molar-refractivity contribution in [1.29, 1.82) is 0 Å². The molecule has 2 unspecified atom stereocenters. The van der Waals surface area contributed by atoms with Crippen LogP contribution in [0.2, 0.25) is 0 Å². The number of nitrogens with zero attached hydrogens (tertiary/aromatic N) is 3. The van der Waals surface area contributed by atoms with Crippen molar-refractivity contribution in [2.45, 2.75) is 37.8 Å². The number of hydrogen-bond donors (Lipinski definition) is 0. The van der Waals surface area contributed by atoms with Crippen LogP contribution in [0.25, 0.3) is 0 Å². The monoisotopic (exact) mass is 449 g/mol. The lowest BCUT2D eigenvalue weighted by molar-refractivity contribution is -0.136. The molecule has 0 radical (unpaired) electrons. The molecule has 2 fully saturated rings. The fourth-order valence-electron chi connectivity index (χ4n) is 4.16. The quantitative estimate of drug-likeness (QED) is 0.608. The largest absolute Gasteiger partial charge is 0.493 e. The molecule has 8 heteroatoms. The molecule has 2 saturated heterocycles. The van der Waals surface area contributed by atoms with Gasteiger partial charge in [-0.25, -0.2) is 0 Å². The van der Waals surface area contributed by atoms with Gasteiger partial charge >= 0.3 is 0 Å². The van der Waals surface area contributed by atoms with Crippen LogP contribution in [0.4, 0.5) is 0 Å². The number of thioether (sulfide) groups is 1. The molecule has 2 heterocycles. The molecule has 31 heavy (non-hydrogen) atoms. The van der Waals surface area contributed by atoms with E-state index >= 15 is 0 Å². The first-order valence-corrected chi connectivity index (χ1v) is 12.0. The van der Waals surface area contributed by atoms with Gasteiger partial charge < -0.3 is 19.3 Å². The van der Waals surface area contributed by atoms with Gasteiger partial charge in [0.2, 0.25) is 11.8 Å². The number of piperazine rings is 1. The minimum absolute atomic E-state index is 0.0152. The van der Waals surface area contributed by atoms with Gasteiger partial charge in [-0.15, -0.1) is 11.8 Å². The normalized spacial score (nSPS) is 22.3. The summed E-state index contributed by atoms with van der Waals surface area (Å²) in [5, 5.41) is -0.0420. The average molecular weight is 450 g/mol. The fraction of sp³-hybridized carbons (Fsp3) is 0.652. The third-order valence-electron chi connectivity index (χ3n) is 6.03. The molecule has 0 saturated carbocycles. The third kappa shape index (κ3) is 5.29. The molecule has 2 amide bonds. The van der Waals surface area contributed by atoms with Crippen molar-refractivity contribution in [3.05, 3.63) is 23.8 Å². The summed E-state index contributed by atoms with van der Waals surface area (Å²) in [6, 6.07) is 5.90. The molecule has 0 N–H and O–H groups in total. The molecule has 1 aromatic carbocycles. The van der Waals surface area contributed by atoms with Crippen LogP contribution in [0.1, 0.15) is 38.1 Å². The van der Waals surface area contributed by atoms with Crippen LogP contribution >= 0.6 is 11.8 Å². The number of methoxy groups -OCH3 is 2. The Morgan fingerprint density at radius 2 is 1.77 bits per heavy atom. The maximum Gasteiger partial charge on any atom is 0.236 e. The van der Waals surface area contributed by atoms with Crippen LogP contribution in [-0.4, -0.2) is 85.3 Å². The molecule has 0 aliphatic carbocycles. The fourth-order valence-corrected chi connectivity index (χ4v) is 5.57. The summed E-state index contributed by atoms with van der Waals surface area (Å²) >= 11 is 1.72. The zero-order chi connectivity index (χ0) is 22.5. The summed E-state index contributed by atoms with van der Waals surface area (Å²) in [6.45, 7) is 10.7. The number of carbonyl (C=O) groups excluding carboxylic acids is 2. The Morgan fingerprint density at radius 3 is 2.35 bits per heavy atom. The maximum atomic E-state index is 13.1. The van der Waals surface area contributed by atoms with Crippen LogP contribution < -0.4 is 9.47 Å². The molecule has 2 aliphatic rings. The minimum Gasteiger partial charge on any atom is -0.493 e. The molecule has 3 rings (SSSR count). The second-order valence-corrected chi connectivity index (χ2v) is 9.64. The number of amides is 2. The van der Waals surface area contributed by atoms with Gasteiger partial charge in [-0.1, -0.05) is 26.8 Å². The van der Waals surface area contributed by atoms with Crippen molar-refractivity contribution in [3.63, 3.8) is 0 Å². The van der Waals surface area contributed by atoms with Crippen molar-refractivity contribution >= 4 is 23.6 Å². The summed E-state index contributed by atoms with van der Waals surface area (Å²) in [5.74, 6) is 1.84. The summed E-state index contributed by atoms with van der Waals surface area (Å²) in [5.41, 5.74) is 1.05. The molecular formula is C23H35N3O4S. The SMILES string of the molecule is CCC1SC(c2ccc(OC)c(OC)c2)N(CCN2CCN(C(=O)C(C)C)CC2)C1=O. The van der Waals surface area contributed by atoms with Crippen LogP contribution in [0.5, 0.6) is 11.5 Å². The zero-order valence-corrected chi connectivity index (χ0v) is 20.1. The van der Waals surface area contributed by atoms with Gasteiger partial charge in [-0.3, -0.25) is 14.5 Å². The smallest absolute Gasteiger partial charge is 0.236 e. The Balaban J connectivity index is 1.66. The van der Waals surface area contributed by atoms with Crippen LogP contribution in [0.3, 0.4) is 0 Å². The van der Waals surface area contributed by atoms with Gasteiger partial charge in [0.25, 0.3) is 0 Å². The highest BCUT2D eigenvalue weighted by Gasteiger charge is 2.40. The van der Waals surface area contributed by atoms with Crippen molar-refractivity contribution in [2.75, 3.05) is 53.5 Å². The molecule has 7 nitrogen and oxygen atoms in total. The summed E-state index contributed by atoms with van der Waals surface area (Å²) in [4.78, 5) is 31.6. The molecule has 0 aromatic heterocycles. The minimum atomic E-state index is -0.0268. The lowest BCUT2D eigenvalue weighted by Gasteiger charge is -2.36. The first-order valence-electron chi connectivity index (χ1n) is 11.1. The van der Waals surface area contributed by atoms with Crippen molar-refractivity contribution in [1.82, 2.24) is 14.7 Å². The highest BCUT2D eigenvalue weighted by atomic mass is 32.2. The molecule has 0 spiro atoms. The molecule has 2 aliphatic heterocycles. The van der Waals surface area contributed by atoms with Crippen LogP contribution in [0.15, 0.2) is 18.2 Å². The van der Waals surface area contributed by atoms with E-state index in [9.17, 15) is 9.59 Å². The summed E-state index contributed by atoms with van der Waals surface area (Å²) < 4.78 is 10.8. The standard InChI is InChI=1S/C23H35N3O4S/c1-6-20-22(28)26(14-11-24-9-12-25(13-10-24)21(27)16(2)3)23(31-20)17-7-8-18(29-4)19(15-17)30-5/h7-8,15-16,20,23H,6,9-14H2,1-5H3. The van der Waals surface area contributed by atoms with E-state index in [-0.39, 0.29) is 28.4 Å². The Bertz CT molecular complexity index is 780. The van der Waals surface area contributed by atoms with Gasteiger partial charge in [0, 0.05) is 45.2 Å². The van der Waals surface area contributed by atoms with Crippen molar-refractivity contribution < 1.29 is 19.1 Å². The highest BCUT2D eigenvalue weighted by molar-refractivity contribution is 8.01. The second-order valence-electron chi connectivity index (χ2n) is 8.35. The molecular weight excluding hydrogens is 414 g/mol. The molecule has 172 valence electrons. The molecule has 0 bridgehead atoms. The third-order valence-corrected chi connectivity index (χ3v) is 7.68. The van der Waals surface area contributed by atoms with Crippen LogP contribution in [-0.2, 0) is 9.59 Å². The summed E-state index contributed by atoms with van der Waals surface area (Å²) in [6.07, 6.45) is 0.819. The Hall–Kier alpha value is -1.93. The second kappa shape index (κ2) is 10.6. The summed E-state index contributed by atoms with van der Waals surface area (Å²) in [7, 11) is 3.25. The van der Waals surface area contributed by atoms with Crippen LogP contribution in [0, 0.1) is 5.92 Å². The van der Waals surface area contributed by atoms with Gasteiger partial charge in [-0.05, 0) is 24.1 Å². The van der Waals surface area contributed by atoms with Crippen molar-refractivity contribution in [3.8, 4) is 11.5 Å². The lowest BCUT2D eigenvalue weighted by Crippen LogP contribution is -2.51. The average Bonchev–Trinajstić information content (AvgIpc) is 3.12. The molecule has 1 aromatic rings. The molecule has 2 atom stereocenters. The van der Waals surface area contributed by atoms with E-state index in [2.05, 4.69) is 11.8 Å².